The largest absolute Gasteiger partial charge is 0.364 e. The fourth-order valence-corrected chi connectivity index (χ4v) is 2.09. The average Bonchev–Trinajstić information content (AvgIpc) is 2.97. The minimum absolute atomic E-state index is 0.328. The molecule has 76 valence electrons. The molecule has 0 saturated carbocycles. The lowest BCUT2D eigenvalue weighted by atomic mass is 10.0. The molecule has 0 amide bonds. The van der Waals surface area contributed by atoms with Gasteiger partial charge in [0.05, 0.1) is 6.61 Å². The maximum absolute atomic E-state index is 12.0. The van der Waals surface area contributed by atoms with Crippen molar-refractivity contribution >= 4 is 11.8 Å². The second-order valence-corrected chi connectivity index (χ2v) is 4.20. The molecule has 1 aliphatic heterocycles. The van der Waals surface area contributed by atoms with Gasteiger partial charge in [-0.1, -0.05) is 42.1 Å². The van der Waals surface area contributed by atoms with Crippen LogP contribution in [0.15, 0.2) is 30.3 Å². The van der Waals surface area contributed by atoms with Crippen LogP contribution in [0.1, 0.15) is 5.56 Å². The zero-order chi connectivity index (χ0) is 10.0. The van der Waals surface area contributed by atoms with Gasteiger partial charge >= 0.3 is 0 Å². The van der Waals surface area contributed by atoms with Gasteiger partial charge in [0.2, 0.25) is 0 Å². The third-order valence-corrected chi connectivity index (χ3v) is 3.12. The summed E-state index contributed by atoms with van der Waals surface area (Å²) in [6, 6.07) is 9.52. The zero-order valence-corrected chi connectivity index (χ0v) is 8.27. The normalized spacial score (nSPS) is 25.4. The summed E-state index contributed by atoms with van der Waals surface area (Å²) in [6.45, 7) is 0.552. The van der Waals surface area contributed by atoms with Crippen LogP contribution in [0.5, 0.6) is 0 Å². The van der Waals surface area contributed by atoms with E-state index in [2.05, 4.69) is 0 Å². The average molecular weight is 216 g/mol. The van der Waals surface area contributed by atoms with Gasteiger partial charge in [-0.3, -0.25) is 0 Å². The van der Waals surface area contributed by atoms with Crippen LogP contribution in [0.3, 0.4) is 0 Å². The second kappa shape index (κ2) is 3.87. The van der Waals surface area contributed by atoms with Crippen molar-refractivity contribution in [3.63, 3.8) is 0 Å². The number of alkyl halides is 2. The van der Waals surface area contributed by atoms with Crippen LogP contribution in [0, 0.1) is 0 Å². The van der Waals surface area contributed by atoms with E-state index in [1.807, 2.05) is 30.3 Å². The fraction of sp³-hybridized carbons (Fsp3) is 0.400. The van der Waals surface area contributed by atoms with Gasteiger partial charge in [-0.05, 0) is 5.56 Å². The molecule has 1 atom stereocenters. The predicted octanol–water partition coefficient (Wildman–Crippen LogP) is 2.87. The third kappa shape index (κ3) is 2.07. The lowest BCUT2D eigenvalue weighted by molar-refractivity contribution is 0.250. The van der Waals surface area contributed by atoms with Gasteiger partial charge in [-0.15, -0.1) is 0 Å². The summed E-state index contributed by atoms with van der Waals surface area (Å²) in [5.41, 5.74) is 0.552. The molecule has 0 bridgehead atoms. The van der Waals surface area contributed by atoms with Crippen molar-refractivity contribution in [2.24, 2.45) is 0 Å². The van der Waals surface area contributed by atoms with Crippen molar-refractivity contribution in [3.8, 4) is 0 Å². The molecule has 1 fully saturated rings. The summed E-state index contributed by atoms with van der Waals surface area (Å²) < 4.78 is 29.3. The van der Waals surface area contributed by atoms with Crippen molar-refractivity contribution < 1.29 is 13.5 Å². The van der Waals surface area contributed by atoms with E-state index in [0.29, 0.717) is 24.1 Å². The van der Waals surface area contributed by atoms with E-state index >= 15 is 0 Å². The summed E-state index contributed by atoms with van der Waals surface area (Å²) in [5, 5.41) is 0. The van der Waals surface area contributed by atoms with E-state index in [-0.39, 0.29) is 0 Å². The number of hydrogen-bond acceptors (Lipinski definition) is 2. The number of hydrogen-bond donors (Lipinski definition) is 0. The molecule has 14 heavy (non-hydrogen) atoms. The number of thioether (sulfide) groups is 1. The van der Waals surface area contributed by atoms with Crippen LogP contribution in [0.4, 0.5) is 8.78 Å². The van der Waals surface area contributed by atoms with Crippen LogP contribution in [0.25, 0.3) is 0 Å². The number of rotatable bonds is 4. The lowest BCUT2D eigenvalue weighted by Gasteiger charge is -2.10. The predicted molar refractivity (Wildman–Crippen MR) is 52.5 cm³/mol. The number of ether oxygens (including phenoxy) is 1. The first kappa shape index (κ1) is 9.93. The van der Waals surface area contributed by atoms with Crippen LogP contribution in [-0.4, -0.2) is 18.1 Å². The van der Waals surface area contributed by atoms with Crippen molar-refractivity contribution in [2.45, 2.75) is 11.4 Å². The minimum Gasteiger partial charge on any atom is -0.364 e. The third-order valence-electron chi connectivity index (χ3n) is 2.24. The first-order chi connectivity index (χ1) is 6.73. The highest BCUT2D eigenvalue weighted by molar-refractivity contribution is 7.99. The lowest BCUT2D eigenvalue weighted by Crippen LogP contribution is -2.12. The molecule has 1 aliphatic rings. The van der Waals surface area contributed by atoms with Crippen molar-refractivity contribution in [1.82, 2.24) is 0 Å². The van der Waals surface area contributed by atoms with E-state index < -0.39 is 11.4 Å². The van der Waals surface area contributed by atoms with Gasteiger partial charge < -0.3 is 4.74 Å². The van der Waals surface area contributed by atoms with Crippen LogP contribution < -0.4 is 0 Å². The Morgan fingerprint density at radius 3 is 2.50 bits per heavy atom. The standard InChI is InChI=1S/C10H10F2OS/c11-9(12)14-7-10(6-13-10)8-4-2-1-3-5-8/h1-5,9H,6-7H2. The maximum atomic E-state index is 12.0. The number of epoxide rings is 1. The summed E-state index contributed by atoms with van der Waals surface area (Å²) in [6.07, 6.45) is 0. The fourth-order valence-electron chi connectivity index (χ4n) is 1.36. The molecular formula is C10H10F2OS. The second-order valence-electron chi connectivity index (χ2n) is 3.22. The number of halogens is 2. The highest BCUT2D eigenvalue weighted by Crippen LogP contribution is 2.42. The first-order valence-corrected chi connectivity index (χ1v) is 5.37. The monoisotopic (exact) mass is 216 g/mol. The smallest absolute Gasteiger partial charge is 0.284 e. The Morgan fingerprint density at radius 2 is 2.00 bits per heavy atom. The van der Waals surface area contributed by atoms with Crippen LogP contribution in [0.2, 0.25) is 0 Å². The Balaban J connectivity index is 2.03. The van der Waals surface area contributed by atoms with Crippen LogP contribution in [-0.2, 0) is 10.3 Å². The van der Waals surface area contributed by atoms with E-state index in [1.54, 1.807) is 0 Å². The van der Waals surface area contributed by atoms with Crippen LogP contribution >= 0.6 is 11.8 Å². The topological polar surface area (TPSA) is 12.5 Å². The van der Waals surface area contributed by atoms with E-state index in [4.69, 9.17) is 4.74 Å². The molecule has 1 heterocycles. The molecule has 1 aromatic rings. The van der Waals surface area contributed by atoms with E-state index in [9.17, 15) is 8.78 Å². The molecule has 2 rings (SSSR count). The summed E-state index contributed by atoms with van der Waals surface area (Å²) in [5.74, 6) is -1.99. The quantitative estimate of drug-likeness (QED) is 0.717. The van der Waals surface area contributed by atoms with Gasteiger partial charge in [-0.25, -0.2) is 0 Å². The Morgan fingerprint density at radius 1 is 1.36 bits per heavy atom. The Labute approximate surface area is 85.5 Å². The highest BCUT2D eigenvalue weighted by Gasteiger charge is 2.46. The molecule has 0 aliphatic carbocycles. The molecule has 0 spiro atoms. The molecule has 1 aromatic carbocycles. The van der Waals surface area contributed by atoms with Gasteiger partial charge in [0.15, 0.2) is 0 Å². The summed E-state index contributed by atoms with van der Waals surface area (Å²) in [4.78, 5) is 0. The van der Waals surface area contributed by atoms with E-state index in [0.717, 1.165) is 5.56 Å². The summed E-state index contributed by atoms with van der Waals surface area (Å²) in [7, 11) is 0. The van der Waals surface area contributed by atoms with Gasteiger partial charge in [0, 0.05) is 5.75 Å². The Kier molecular flexibility index (Phi) is 2.74. The van der Waals surface area contributed by atoms with Gasteiger partial charge in [0.25, 0.3) is 5.76 Å². The molecular weight excluding hydrogens is 206 g/mol. The molecule has 4 heteroatoms. The molecule has 1 saturated heterocycles. The maximum Gasteiger partial charge on any atom is 0.284 e. The number of benzene rings is 1. The molecule has 0 aromatic heterocycles. The summed E-state index contributed by atoms with van der Waals surface area (Å²) >= 11 is 0.637. The highest BCUT2D eigenvalue weighted by atomic mass is 32.2. The first-order valence-electron chi connectivity index (χ1n) is 4.32. The van der Waals surface area contributed by atoms with Crippen molar-refractivity contribution in [1.29, 1.82) is 0 Å². The Bertz CT molecular complexity index is 298. The zero-order valence-electron chi connectivity index (χ0n) is 7.45. The molecule has 1 unspecified atom stereocenters. The molecule has 0 radical (unpaired) electrons. The van der Waals surface area contributed by atoms with E-state index in [1.165, 1.54) is 0 Å². The van der Waals surface area contributed by atoms with Gasteiger partial charge in [0.1, 0.15) is 5.60 Å². The SMILES string of the molecule is FC(F)SCC1(c2ccccc2)CO1. The van der Waals surface area contributed by atoms with Crippen molar-refractivity contribution in [3.05, 3.63) is 35.9 Å². The molecule has 0 N–H and O–H groups in total. The Hall–Kier alpha value is -0.610. The van der Waals surface area contributed by atoms with Gasteiger partial charge in [-0.2, -0.15) is 8.78 Å². The van der Waals surface area contributed by atoms with Crippen molar-refractivity contribution in [2.75, 3.05) is 12.4 Å². The minimum atomic E-state index is -2.32. The molecule has 1 nitrogen and oxygen atoms in total.